The molecule has 1 rings (SSSR count). The van der Waals surface area contributed by atoms with Gasteiger partial charge >= 0.3 is 11.7 Å². The van der Waals surface area contributed by atoms with Gasteiger partial charge in [0.2, 0.25) is 0 Å². The Labute approximate surface area is 76.9 Å². The second-order valence-electron chi connectivity index (χ2n) is 3.08. The average molecular weight is 185 g/mol. The highest BCUT2D eigenvalue weighted by Gasteiger charge is 2.10. The number of nitrogens with zero attached hydrogens (tertiary/aromatic N) is 3. The van der Waals surface area contributed by atoms with Crippen molar-refractivity contribution in [1.29, 1.82) is 0 Å². The minimum absolute atomic E-state index is 0.0838. The standard InChI is InChI=1S/C8H15N3O2/c1-5-6(2)13-7-9-11(4)8(12)10(7)3/h6H,5H2,1-4H3. The SMILES string of the molecule is CCC(C)Oc1nn(C)c(=O)n1C. The van der Waals surface area contributed by atoms with E-state index in [-0.39, 0.29) is 11.8 Å². The van der Waals surface area contributed by atoms with E-state index >= 15 is 0 Å². The summed E-state index contributed by atoms with van der Waals surface area (Å²) in [6, 6.07) is 0.377. The van der Waals surface area contributed by atoms with Crippen LogP contribution in [0.5, 0.6) is 6.01 Å². The maximum absolute atomic E-state index is 11.2. The van der Waals surface area contributed by atoms with Crippen LogP contribution in [0.2, 0.25) is 0 Å². The van der Waals surface area contributed by atoms with Crippen molar-refractivity contribution in [2.45, 2.75) is 26.4 Å². The Bertz CT molecular complexity index is 340. The number of aryl methyl sites for hydroxylation is 1. The molecule has 0 aliphatic heterocycles. The molecule has 1 unspecified atom stereocenters. The molecule has 0 saturated carbocycles. The zero-order valence-electron chi connectivity index (χ0n) is 8.44. The van der Waals surface area contributed by atoms with Gasteiger partial charge in [-0.25, -0.2) is 14.0 Å². The smallest absolute Gasteiger partial charge is 0.348 e. The van der Waals surface area contributed by atoms with Crippen LogP contribution in [0, 0.1) is 0 Å². The van der Waals surface area contributed by atoms with Gasteiger partial charge in [0.25, 0.3) is 0 Å². The minimum atomic E-state index is -0.168. The highest BCUT2D eigenvalue weighted by Crippen LogP contribution is 2.05. The summed E-state index contributed by atoms with van der Waals surface area (Å²) in [4.78, 5) is 11.2. The fourth-order valence-corrected chi connectivity index (χ4v) is 0.903. The second kappa shape index (κ2) is 3.64. The van der Waals surface area contributed by atoms with Gasteiger partial charge in [0, 0.05) is 14.1 Å². The van der Waals surface area contributed by atoms with Crippen LogP contribution in [0.25, 0.3) is 0 Å². The van der Waals surface area contributed by atoms with E-state index in [1.165, 1.54) is 9.25 Å². The summed E-state index contributed by atoms with van der Waals surface area (Å²) in [6.45, 7) is 3.96. The van der Waals surface area contributed by atoms with Crippen LogP contribution in [-0.4, -0.2) is 20.5 Å². The Kier molecular flexibility index (Phi) is 2.75. The molecule has 1 atom stereocenters. The van der Waals surface area contributed by atoms with Gasteiger partial charge in [-0.1, -0.05) is 6.92 Å². The molecule has 74 valence electrons. The van der Waals surface area contributed by atoms with Crippen LogP contribution in [0.4, 0.5) is 0 Å². The van der Waals surface area contributed by atoms with Crippen molar-refractivity contribution in [2.75, 3.05) is 0 Å². The van der Waals surface area contributed by atoms with Crippen LogP contribution in [0.15, 0.2) is 4.79 Å². The van der Waals surface area contributed by atoms with Crippen molar-refractivity contribution in [1.82, 2.24) is 14.3 Å². The lowest BCUT2D eigenvalue weighted by Crippen LogP contribution is -2.21. The van der Waals surface area contributed by atoms with E-state index < -0.39 is 0 Å². The molecule has 0 fully saturated rings. The van der Waals surface area contributed by atoms with Gasteiger partial charge in [-0.2, -0.15) is 0 Å². The molecule has 0 aliphatic rings. The summed E-state index contributed by atoms with van der Waals surface area (Å²) in [6.07, 6.45) is 0.977. The zero-order chi connectivity index (χ0) is 10.0. The van der Waals surface area contributed by atoms with Crippen molar-refractivity contribution in [3.8, 4) is 6.01 Å². The van der Waals surface area contributed by atoms with E-state index in [4.69, 9.17) is 4.74 Å². The normalized spacial score (nSPS) is 12.9. The Hall–Kier alpha value is -1.26. The molecule has 0 aliphatic carbocycles. The Morgan fingerprint density at radius 2 is 2.15 bits per heavy atom. The quantitative estimate of drug-likeness (QED) is 0.680. The van der Waals surface area contributed by atoms with Crippen LogP contribution in [0.1, 0.15) is 20.3 Å². The summed E-state index contributed by atoms with van der Waals surface area (Å²) in [7, 11) is 3.25. The van der Waals surface area contributed by atoms with Gasteiger partial charge in [-0.05, 0) is 13.3 Å². The van der Waals surface area contributed by atoms with Crippen LogP contribution in [-0.2, 0) is 14.1 Å². The van der Waals surface area contributed by atoms with Crippen LogP contribution in [0.3, 0.4) is 0 Å². The molecule has 0 N–H and O–H groups in total. The fourth-order valence-electron chi connectivity index (χ4n) is 0.903. The predicted molar refractivity (Wildman–Crippen MR) is 48.8 cm³/mol. The van der Waals surface area contributed by atoms with Gasteiger partial charge in [-0.3, -0.25) is 0 Å². The molecule has 1 aromatic rings. The highest BCUT2D eigenvalue weighted by atomic mass is 16.5. The maximum atomic E-state index is 11.2. The summed E-state index contributed by atoms with van der Waals surface area (Å²) in [5.41, 5.74) is -0.168. The minimum Gasteiger partial charge on any atom is -0.461 e. The third-order valence-electron chi connectivity index (χ3n) is 1.97. The number of ether oxygens (including phenoxy) is 1. The van der Waals surface area contributed by atoms with E-state index in [2.05, 4.69) is 5.10 Å². The monoisotopic (exact) mass is 185 g/mol. The summed E-state index contributed by atoms with van der Waals surface area (Å²) >= 11 is 0. The number of hydrogen-bond donors (Lipinski definition) is 0. The topological polar surface area (TPSA) is 49.1 Å². The van der Waals surface area contributed by atoms with Crippen molar-refractivity contribution in [2.24, 2.45) is 14.1 Å². The third kappa shape index (κ3) is 1.91. The molecule has 0 aromatic carbocycles. The van der Waals surface area contributed by atoms with Gasteiger partial charge in [0.1, 0.15) is 0 Å². The first-order chi connectivity index (χ1) is 6.06. The van der Waals surface area contributed by atoms with Crippen molar-refractivity contribution in [3.63, 3.8) is 0 Å². The maximum Gasteiger partial charge on any atom is 0.348 e. The fraction of sp³-hybridized carbons (Fsp3) is 0.750. The molecule has 0 bridgehead atoms. The van der Waals surface area contributed by atoms with E-state index in [1.54, 1.807) is 14.1 Å². The molecular weight excluding hydrogens is 170 g/mol. The lowest BCUT2D eigenvalue weighted by molar-refractivity contribution is 0.191. The number of hydrogen-bond acceptors (Lipinski definition) is 3. The molecule has 0 amide bonds. The molecule has 0 saturated heterocycles. The Morgan fingerprint density at radius 3 is 2.54 bits per heavy atom. The lowest BCUT2D eigenvalue weighted by atomic mass is 10.3. The first-order valence-electron chi connectivity index (χ1n) is 4.33. The first kappa shape index (κ1) is 9.83. The molecule has 13 heavy (non-hydrogen) atoms. The molecule has 0 spiro atoms. The molecule has 5 nitrogen and oxygen atoms in total. The molecular formula is C8H15N3O2. The van der Waals surface area contributed by atoms with Gasteiger partial charge in [-0.15, -0.1) is 5.10 Å². The number of rotatable bonds is 3. The first-order valence-corrected chi connectivity index (χ1v) is 4.33. The van der Waals surface area contributed by atoms with E-state index in [1.807, 2.05) is 13.8 Å². The van der Waals surface area contributed by atoms with Gasteiger partial charge in [0.05, 0.1) is 6.10 Å². The Morgan fingerprint density at radius 1 is 1.54 bits per heavy atom. The highest BCUT2D eigenvalue weighted by molar-refractivity contribution is 4.92. The van der Waals surface area contributed by atoms with E-state index in [0.717, 1.165) is 6.42 Å². The summed E-state index contributed by atoms with van der Waals surface area (Å²) in [5, 5.41) is 3.94. The van der Waals surface area contributed by atoms with Gasteiger partial charge in [0.15, 0.2) is 0 Å². The van der Waals surface area contributed by atoms with Crippen molar-refractivity contribution in [3.05, 3.63) is 10.5 Å². The molecule has 1 aromatic heterocycles. The molecule has 1 heterocycles. The zero-order valence-corrected chi connectivity index (χ0v) is 8.44. The van der Waals surface area contributed by atoms with Crippen LogP contribution >= 0.6 is 0 Å². The van der Waals surface area contributed by atoms with Crippen LogP contribution < -0.4 is 10.4 Å². The third-order valence-corrected chi connectivity index (χ3v) is 1.97. The van der Waals surface area contributed by atoms with Crippen molar-refractivity contribution >= 4 is 0 Å². The Balaban J connectivity index is 2.90. The van der Waals surface area contributed by atoms with E-state index in [9.17, 15) is 4.79 Å². The predicted octanol–water partition coefficient (Wildman–Crippen LogP) is 0.296. The second-order valence-corrected chi connectivity index (χ2v) is 3.08. The van der Waals surface area contributed by atoms with E-state index in [0.29, 0.717) is 6.01 Å². The average Bonchev–Trinajstić information content (AvgIpc) is 2.34. The largest absolute Gasteiger partial charge is 0.461 e. The lowest BCUT2D eigenvalue weighted by Gasteiger charge is -2.09. The summed E-state index contributed by atoms with van der Waals surface area (Å²) < 4.78 is 8.08. The van der Waals surface area contributed by atoms with Gasteiger partial charge < -0.3 is 4.74 Å². The number of aromatic nitrogens is 3. The summed E-state index contributed by atoms with van der Waals surface area (Å²) in [5.74, 6) is 0. The molecule has 5 heteroatoms. The van der Waals surface area contributed by atoms with Crippen molar-refractivity contribution < 1.29 is 4.74 Å². The molecule has 0 radical (unpaired) electrons.